The smallest absolute Gasteiger partial charge is 0.759 e. The summed E-state index contributed by atoms with van der Waals surface area (Å²) in [6, 6.07) is 0. The van der Waals surface area contributed by atoms with Crippen molar-refractivity contribution in [3.63, 3.8) is 0 Å². The van der Waals surface area contributed by atoms with Crippen LogP contribution >= 0.6 is 0 Å². The maximum atomic E-state index is 8.52. The van der Waals surface area contributed by atoms with Gasteiger partial charge in [-0.25, -0.2) is 0 Å². The molecule has 0 aliphatic heterocycles. The van der Waals surface area contributed by atoms with Gasteiger partial charge in [-0.2, -0.15) is 0 Å². The summed E-state index contributed by atoms with van der Waals surface area (Å²) in [6.45, 7) is 0. The Morgan fingerprint density at radius 3 is 0.615 bits per heavy atom. The van der Waals surface area contributed by atoms with E-state index in [4.69, 9.17) is 35.0 Å². The van der Waals surface area contributed by atoms with Crippen molar-refractivity contribution in [2.75, 3.05) is 0 Å². The van der Waals surface area contributed by atoms with Crippen LogP contribution in [0.25, 0.3) is 0 Å². The van der Waals surface area contributed by atoms with Crippen molar-refractivity contribution >= 4 is 55.5 Å². The van der Waals surface area contributed by atoms with E-state index in [1.54, 1.807) is 0 Å². The first kappa shape index (κ1) is 29.5. The Hall–Kier alpha value is 2.44. The van der Waals surface area contributed by atoms with E-state index in [0.717, 1.165) is 0 Å². The third kappa shape index (κ3) is 375. The van der Waals surface area contributed by atoms with E-state index in [1.807, 2.05) is 0 Å². The Kier molecular flexibility index (Phi) is 28.4. The van der Waals surface area contributed by atoms with Gasteiger partial charge in [0.1, 0.15) is 0 Å². The van der Waals surface area contributed by atoms with Crippen molar-refractivity contribution in [3.05, 3.63) is 0 Å². The third-order valence-electron chi connectivity index (χ3n) is 0. The Morgan fingerprint density at radius 1 is 0.615 bits per heavy atom. The van der Waals surface area contributed by atoms with Gasteiger partial charge in [0.15, 0.2) is 0 Å². The first-order valence-electron chi connectivity index (χ1n) is 1.33. The summed E-state index contributed by atoms with van der Waals surface area (Å²) < 4.78 is 68.2. The molecular formula is Al2KO8S2+3. The zero-order valence-electron chi connectivity index (χ0n) is 6.24. The number of hydrogen-bond acceptors (Lipinski definition) is 8. The van der Waals surface area contributed by atoms with Crippen LogP contribution in [0.3, 0.4) is 0 Å². The van der Waals surface area contributed by atoms with Gasteiger partial charge in [0.2, 0.25) is 0 Å². The minimum atomic E-state index is -5.17. The summed E-state index contributed by atoms with van der Waals surface area (Å²) in [4.78, 5) is 0. The first-order chi connectivity index (χ1) is 4.00. The molecule has 0 amide bonds. The van der Waals surface area contributed by atoms with Crippen LogP contribution in [-0.4, -0.2) is 69.8 Å². The van der Waals surface area contributed by atoms with Crippen molar-refractivity contribution in [3.8, 4) is 0 Å². The van der Waals surface area contributed by atoms with Crippen molar-refractivity contribution in [2.45, 2.75) is 0 Å². The standard InChI is InChI=1S/2Al.K.2H2O4S/c;;;2*1-5(2,3)4/h;;;2*(H2,1,2,3,4)/q2*+3;+1;;/p-4. The van der Waals surface area contributed by atoms with E-state index in [1.165, 1.54) is 0 Å². The van der Waals surface area contributed by atoms with Crippen LogP contribution < -0.4 is 51.4 Å². The van der Waals surface area contributed by atoms with Crippen LogP contribution in [0.1, 0.15) is 0 Å². The van der Waals surface area contributed by atoms with Crippen LogP contribution in [-0.2, 0) is 20.8 Å². The monoisotopic (exact) mass is 285 g/mol. The molecule has 0 radical (unpaired) electrons. The molecule has 0 aliphatic carbocycles. The van der Waals surface area contributed by atoms with Crippen LogP contribution in [0.4, 0.5) is 0 Å². The summed E-state index contributed by atoms with van der Waals surface area (Å²) >= 11 is 0. The molecule has 0 aliphatic rings. The predicted octanol–water partition coefficient (Wildman–Crippen LogP) is -6.43. The molecule has 0 aromatic carbocycles. The molecule has 0 fully saturated rings. The molecule has 0 heterocycles. The predicted molar refractivity (Wildman–Crippen MR) is 32.5 cm³/mol. The van der Waals surface area contributed by atoms with Crippen molar-refractivity contribution < 1.29 is 86.4 Å². The zero-order valence-corrected chi connectivity index (χ0v) is 13.3. The Morgan fingerprint density at radius 2 is 0.615 bits per heavy atom. The summed E-state index contributed by atoms with van der Waals surface area (Å²) in [5.41, 5.74) is 0. The molecule has 0 aromatic rings. The van der Waals surface area contributed by atoms with Gasteiger partial charge in [0.25, 0.3) is 0 Å². The summed E-state index contributed by atoms with van der Waals surface area (Å²) in [7, 11) is -10.3. The summed E-state index contributed by atoms with van der Waals surface area (Å²) in [6.07, 6.45) is 0. The van der Waals surface area contributed by atoms with E-state index >= 15 is 0 Å². The Bertz CT molecular complexity index is 217. The molecule has 13 heavy (non-hydrogen) atoms. The van der Waals surface area contributed by atoms with Gasteiger partial charge in [-0.1, -0.05) is 0 Å². The maximum Gasteiger partial charge on any atom is 3.00 e. The van der Waals surface area contributed by atoms with E-state index in [-0.39, 0.29) is 86.1 Å². The summed E-state index contributed by atoms with van der Waals surface area (Å²) in [5.74, 6) is 0. The fourth-order valence-corrected chi connectivity index (χ4v) is 0. The minimum absolute atomic E-state index is 0. The van der Waals surface area contributed by atoms with Crippen molar-refractivity contribution in [1.29, 1.82) is 0 Å². The second kappa shape index (κ2) is 12.5. The van der Waals surface area contributed by atoms with Gasteiger partial charge in [0, 0.05) is 20.8 Å². The van der Waals surface area contributed by atoms with E-state index < -0.39 is 20.8 Å². The van der Waals surface area contributed by atoms with Gasteiger partial charge in [-0.05, 0) is 0 Å². The molecule has 0 unspecified atom stereocenters. The zero-order chi connectivity index (χ0) is 9.00. The van der Waals surface area contributed by atoms with Gasteiger partial charge in [-0.3, -0.25) is 16.8 Å². The minimum Gasteiger partial charge on any atom is -0.759 e. The molecule has 0 rings (SSSR count). The molecule has 13 heteroatoms. The van der Waals surface area contributed by atoms with Crippen LogP contribution in [0.2, 0.25) is 0 Å². The molecular weight excluding hydrogens is 285 g/mol. The molecule has 0 atom stereocenters. The average molecular weight is 285 g/mol. The Balaban J connectivity index is -0.0000000267. The molecule has 0 saturated carbocycles. The first-order valence-corrected chi connectivity index (χ1v) is 4.00. The molecule has 8 nitrogen and oxygen atoms in total. The quantitative estimate of drug-likeness (QED) is 0.241. The van der Waals surface area contributed by atoms with Gasteiger partial charge in [-0.15, -0.1) is 0 Å². The van der Waals surface area contributed by atoms with Gasteiger partial charge >= 0.3 is 86.1 Å². The number of rotatable bonds is 0. The van der Waals surface area contributed by atoms with E-state index in [2.05, 4.69) is 0 Å². The molecule has 0 spiro atoms. The van der Waals surface area contributed by atoms with Gasteiger partial charge < -0.3 is 18.2 Å². The largest absolute Gasteiger partial charge is 3.00 e. The van der Waals surface area contributed by atoms with Crippen molar-refractivity contribution in [2.24, 2.45) is 0 Å². The second-order valence-electron chi connectivity index (χ2n) is 0.816. The number of hydrogen-bond donors (Lipinski definition) is 0. The van der Waals surface area contributed by atoms with E-state index in [9.17, 15) is 0 Å². The Labute approximate surface area is 139 Å². The van der Waals surface area contributed by atoms with Gasteiger partial charge in [0.05, 0.1) is 0 Å². The SMILES string of the molecule is O=S(=O)([O-])[O-].O=S(=O)([O-])[O-].[Al+3].[Al+3].[K+]. The normalized spacial score (nSPS) is 8.92. The van der Waals surface area contributed by atoms with Crippen molar-refractivity contribution in [1.82, 2.24) is 0 Å². The average Bonchev–Trinajstić information content (AvgIpc) is 1.12. The molecule has 0 bridgehead atoms. The molecule has 0 aromatic heterocycles. The molecule has 0 N–H and O–H groups in total. The molecule has 0 saturated heterocycles. The van der Waals surface area contributed by atoms with Crippen LogP contribution in [0, 0.1) is 0 Å². The fourth-order valence-electron chi connectivity index (χ4n) is 0. The summed E-state index contributed by atoms with van der Waals surface area (Å²) in [5, 5.41) is 0. The molecule has 64 valence electrons. The van der Waals surface area contributed by atoms with E-state index in [0.29, 0.717) is 0 Å². The fraction of sp³-hybridized carbons (Fsp3) is 0. The topological polar surface area (TPSA) is 161 Å². The third-order valence-corrected chi connectivity index (χ3v) is 0. The van der Waals surface area contributed by atoms with Crippen LogP contribution in [0.5, 0.6) is 0 Å². The van der Waals surface area contributed by atoms with Crippen LogP contribution in [0.15, 0.2) is 0 Å². The second-order valence-corrected chi connectivity index (χ2v) is 2.45. The maximum absolute atomic E-state index is 8.52.